The summed E-state index contributed by atoms with van der Waals surface area (Å²) < 4.78 is 11.0. The first-order valence-corrected chi connectivity index (χ1v) is 10.3. The lowest BCUT2D eigenvalue weighted by atomic mass is 9.86. The van der Waals surface area contributed by atoms with Gasteiger partial charge < -0.3 is 14.5 Å². The summed E-state index contributed by atoms with van der Waals surface area (Å²) in [5, 5.41) is 3.38. The summed E-state index contributed by atoms with van der Waals surface area (Å²) in [6.45, 7) is 5.45. The van der Waals surface area contributed by atoms with Gasteiger partial charge in [-0.2, -0.15) is 0 Å². The fourth-order valence-corrected chi connectivity index (χ4v) is 3.84. The third-order valence-electron chi connectivity index (χ3n) is 5.31. The quantitative estimate of drug-likeness (QED) is 0.471. The van der Waals surface area contributed by atoms with Crippen molar-refractivity contribution in [2.75, 3.05) is 6.54 Å². The second-order valence-corrected chi connectivity index (χ2v) is 7.45. The Morgan fingerprint density at radius 1 is 1.26 bits per heavy atom. The van der Waals surface area contributed by atoms with Crippen molar-refractivity contribution in [2.24, 2.45) is 0 Å². The number of para-hydroxylation sites is 1. The Labute approximate surface area is 180 Å². The van der Waals surface area contributed by atoms with Gasteiger partial charge in [0.15, 0.2) is 6.10 Å². The molecule has 31 heavy (non-hydrogen) atoms. The highest BCUT2D eigenvalue weighted by Gasteiger charge is 2.28. The van der Waals surface area contributed by atoms with Gasteiger partial charge in [-0.15, -0.1) is 6.58 Å². The maximum Gasteiger partial charge on any atom is 0.339 e. The van der Waals surface area contributed by atoms with Gasteiger partial charge in [-0.05, 0) is 61.6 Å². The SMILES string of the molecule is C=CCNC(=O)C(C)OC(=O)c1c2c(nc3ccccc13)/C(=C/c1ccco1)CCC2. The third-order valence-corrected chi connectivity index (χ3v) is 5.31. The number of benzene rings is 1. The van der Waals surface area contributed by atoms with Gasteiger partial charge in [0.25, 0.3) is 5.91 Å². The van der Waals surface area contributed by atoms with Crippen LogP contribution in [0.5, 0.6) is 0 Å². The van der Waals surface area contributed by atoms with Crippen LogP contribution in [0.25, 0.3) is 22.6 Å². The Morgan fingerprint density at radius 3 is 2.87 bits per heavy atom. The van der Waals surface area contributed by atoms with Crippen LogP contribution in [0.15, 0.2) is 59.7 Å². The monoisotopic (exact) mass is 416 g/mol. The van der Waals surface area contributed by atoms with Crippen LogP contribution < -0.4 is 5.32 Å². The van der Waals surface area contributed by atoms with E-state index in [9.17, 15) is 9.59 Å². The molecule has 1 amide bonds. The van der Waals surface area contributed by atoms with Gasteiger partial charge in [-0.1, -0.05) is 24.3 Å². The molecule has 1 aromatic carbocycles. The van der Waals surface area contributed by atoms with Crippen LogP contribution in [0.4, 0.5) is 0 Å². The van der Waals surface area contributed by atoms with E-state index in [1.54, 1.807) is 19.3 Å². The Bertz CT molecular complexity index is 1160. The number of aromatic nitrogens is 1. The number of rotatable bonds is 6. The molecule has 6 heteroatoms. The van der Waals surface area contributed by atoms with Crippen molar-refractivity contribution < 1.29 is 18.7 Å². The van der Waals surface area contributed by atoms with E-state index in [0.717, 1.165) is 40.8 Å². The lowest BCUT2D eigenvalue weighted by Crippen LogP contribution is -2.36. The van der Waals surface area contributed by atoms with Gasteiger partial charge in [0.2, 0.25) is 0 Å². The molecule has 1 atom stereocenters. The number of pyridine rings is 1. The van der Waals surface area contributed by atoms with Crippen molar-refractivity contribution in [3.63, 3.8) is 0 Å². The zero-order valence-corrected chi connectivity index (χ0v) is 17.4. The number of nitrogens with one attached hydrogen (secondary N) is 1. The lowest BCUT2D eigenvalue weighted by Gasteiger charge is -2.23. The van der Waals surface area contributed by atoms with Gasteiger partial charge in [-0.25, -0.2) is 9.78 Å². The van der Waals surface area contributed by atoms with E-state index in [-0.39, 0.29) is 5.91 Å². The van der Waals surface area contributed by atoms with Crippen LogP contribution in [0.3, 0.4) is 0 Å². The zero-order valence-electron chi connectivity index (χ0n) is 17.4. The number of hydrogen-bond acceptors (Lipinski definition) is 5. The first kappa shape index (κ1) is 20.6. The van der Waals surface area contributed by atoms with E-state index in [2.05, 4.69) is 11.9 Å². The number of furan rings is 1. The molecule has 0 fully saturated rings. The van der Waals surface area contributed by atoms with Crippen LogP contribution in [0.2, 0.25) is 0 Å². The van der Waals surface area contributed by atoms with E-state index < -0.39 is 12.1 Å². The van der Waals surface area contributed by atoms with E-state index in [0.29, 0.717) is 24.0 Å². The molecular weight excluding hydrogens is 392 g/mol. The minimum atomic E-state index is -0.920. The Hall–Kier alpha value is -3.67. The second-order valence-electron chi connectivity index (χ2n) is 7.45. The van der Waals surface area contributed by atoms with Gasteiger partial charge in [0.05, 0.1) is 23.0 Å². The number of amides is 1. The number of ether oxygens (including phenoxy) is 1. The normalized spacial score (nSPS) is 15.3. The van der Waals surface area contributed by atoms with Crippen molar-refractivity contribution in [2.45, 2.75) is 32.3 Å². The van der Waals surface area contributed by atoms with Crippen molar-refractivity contribution in [1.29, 1.82) is 0 Å². The molecule has 2 heterocycles. The molecule has 1 N–H and O–H groups in total. The molecule has 2 aromatic heterocycles. The number of carbonyl (C=O) groups excluding carboxylic acids is 2. The topological polar surface area (TPSA) is 81.4 Å². The van der Waals surface area contributed by atoms with E-state index in [4.69, 9.17) is 14.1 Å². The molecule has 0 spiro atoms. The number of esters is 1. The first-order valence-electron chi connectivity index (χ1n) is 10.3. The molecule has 3 aromatic rings. The van der Waals surface area contributed by atoms with Crippen molar-refractivity contribution in [1.82, 2.24) is 10.3 Å². The third kappa shape index (κ3) is 4.28. The minimum absolute atomic E-state index is 0.315. The highest BCUT2D eigenvalue weighted by atomic mass is 16.5. The Kier molecular flexibility index (Phi) is 5.98. The summed E-state index contributed by atoms with van der Waals surface area (Å²) in [6.07, 6.45) is 6.70. The average Bonchev–Trinajstić information content (AvgIpc) is 3.29. The number of nitrogens with zero attached hydrogens (tertiary/aromatic N) is 1. The second kappa shape index (κ2) is 9.00. The Morgan fingerprint density at radius 2 is 2.10 bits per heavy atom. The summed E-state index contributed by atoms with van der Waals surface area (Å²) in [4.78, 5) is 30.3. The summed E-state index contributed by atoms with van der Waals surface area (Å²) in [7, 11) is 0. The molecule has 1 aliphatic carbocycles. The number of fused-ring (bicyclic) bond motifs is 2. The number of allylic oxidation sites excluding steroid dienone is 1. The predicted octanol–water partition coefficient (Wildman–Crippen LogP) is 4.55. The molecule has 0 bridgehead atoms. The maximum absolute atomic E-state index is 13.3. The van der Waals surface area contributed by atoms with E-state index in [1.165, 1.54) is 0 Å². The van der Waals surface area contributed by atoms with Gasteiger partial charge in [0, 0.05) is 11.9 Å². The zero-order chi connectivity index (χ0) is 21.8. The fourth-order valence-electron chi connectivity index (χ4n) is 3.84. The van der Waals surface area contributed by atoms with Crippen LogP contribution >= 0.6 is 0 Å². The molecule has 1 unspecified atom stereocenters. The van der Waals surface area contributed by atoms with Crippen LogP contribution in [0, 0.1) is 0 Å². The smallest absolute Gasteiger partial charge is 0.339 e. The molecule has 1 aliphatic rings. The summed E-state index contributed by atoms with van der Waals surface area (Å²) in [5.74, 6) is -0.135. The molecule has 0 saturated carbocycles. The van der Waals surface area contributed by atoms with Crippen LogP contribution in [-0.4, -0.2) is 29.5 Å². The first-order chi connectivity index (χ1) is 15.1. The van der Waals surface area contributed by atoms with Crippen molar-refractivity contribution in [3.8, 4) is 0 Å². The van der Waals surface area contributed by atoms with Gasteiger partial charge in [0.1, 0.15) is 5.76 Å². The average molecular weight is 416 g/mol. The highest BCUT2D eigenvalue weighted by Crippen LogP contribution is 2.36. The molecule has 158 valence electrons. The molecular formula is C25H24N2O4. The summed E-state index contributed by atoms with van der Waals surface area (Å²) >= 11 is 0. The van der Waals surface area contributed by atoms with Gasteiger partial charge in [-0.3, -0.25) is 4.79 Å². The maximum atomic E-state index is 13.3. The molecule has 0 radical (unpaired) electrons. The Balaban J connectivity index is 1.77. The van der Waals surface area contributed by atoms with Gasteiger partial charge >= 0.3 is 5.97 Å². The standard InChI is InChI=1S/C25H24N2O4/c1-3-13-26-24(28)16(2)31-25(29)22-19-10-4-5-12-21(19)27-23-17(8-6-11-20(22)23)15-18-9-7-14-30-18/h3-5,7,9-10,12,14-16H,1,6,8,11,13H2,2H3,(H,26,28)/b17-15+. The van der Waals surface area contributed by atoms with Crippen molar-refractivity contribution in [3.05, 3.63) is 77.9 Å². The molecule has 6 nitrogen and oxygen atoms in total. The van der Waals surface area contributed by atoms with Crippen molar-refractivity contribution >= 4 is 34.4 Å². The molecule has 0 aliphatic heterocycles. The predicted molar refractivity (Wildman–Crippen MR) is 119 cm³/mol. The van der Waals surface area contributed by atoms with E-state index in [1.807, 2.05) is 42.5 Å². The number of hydrogen-bond donors (Lipinski definition) is 1. The van der Waals surface area contributed by atoms with Crippen LogP contribution in [0.1, 0.15) is 47.1 Å². The minimum Gasteiger partial charge on any atom is -0.465 e. The molecule has 4 rings (SSSR count). The lowest BCUT2D eigenvalue weighted by molar-refractivity contribution is -0.128. The van der Waals surface area contributed by atoms with Crippen LogP contribution in [-0.2, 0) is 16.0 Å². The highest BCUT2D eigenvalue weighted by molar-refractivity contribution is 6.07. The summed E-state index contributed by atoms with van der Waals surface area (Å²) in [5.41, 5.74) is 3.86. The largest absolute Gasteiger partial charge is 0.465 e. The molecule has 0 saturated heterocycles. The fraction of sp³-hybridized carbons (Fsp3) is 0.240. The summed E-state index contributed by atoms with van der Waals surface area (Å²) in [6, 6.07) is 11.2. The number of carbonyl (C=O) groups is 2. The van der Waals surface area contributed by atoms with E-state index >= 15 is 0 Å².